The average Bonchev–Trinajstić information content (AvgIpc) is 2.92. The van der Waals surface area contributed by atoms with Crippen LogP contribution in [0, 0.1) is 11.8 Å². The minimum absolute atomic E-state index is 0.0543. The summed E-state index contributed by atoms with van der Waals surface area (Å²) in [5.41, 5.74) is 1.47. The lowest BCUT2D eigenvalue weighted by atomic mass is 9.82. The van der Waals surface area contributed by atoms with E-state index in [0.29, 0.717) is 41.0 Å². The van der Waals surface area contributed by atoms with Gasteiger partial charge in [-0.3, -0.25) is 9.59 Å². The van der Waals surface area contributed by atoms with Crippen molar-refractivity contribution in [3.63, 3.8) is 0 Å². The van der Waals surface area contributed by atoms with E-state index in [1.165, 1.54) is 0 Å². The number of carbonyl (C=O) groups excluding carboxylic acids is 2. The lowest BCUT2D eigenvalue weighted by Crippen LogP contribution is -2.50. The largest absolute Gasteiger partial charge is 0.497 e. The molecule has 0 aliphatic carbocycles. The Hall–Kier alpha value is -3.42. The first-order valence-corrected chi connectivity index (χ1v) is 12.5. The number of piperidine rings is 2. The molecule has 0 unspecified atom stereocenters. The third kappa shape index (κ3) is 4.94. The Labute approximate surface area is 213 Å². The molecule has 4 rings (SSSR count). The smallest absolute Gasteiger partial charge is 0.228 e. The van der Waals surface area contributed by atoms with Gasteiger partial charge in [-0.25, -0.2) is 0 Å². The molecular formula is C28H36N2O6. The van der Waals surface area contributed by atoms with Gasteiger partial charge in [0.2, 0.25) is 17.6 Å². The number of carbonyl (C=O) groups is 2. The van der Waals surface area contributed by atoms with Gasteiger partial charge < -0.3 is 28.7 Å². The van der Waals surface area contributed by atoms with Gasteiger partial charge in [0.1, 0.15) is 5.75 Å². The highest BCUT2D eigenvalue weighted by Gasteiger charge is 2.43. The maximum absolute atomic E-state index is 13.9. The van der Waals surface area contributed by atoms with Crippen LogP contribution in [0.25, 0.3) is 0 Å². The van der Waals surface area contributed by atoms with Crippen LogP contribution in [0.1, 0.15) is 44.2 Å². The minimum atomic E-state index is -0.480. The molecule has 194 valence electrons. The van der Waals surface area contributed by atoms with Gasteiger partial charge in [-0.1, -0.05) is 19.1 Å². The van der Waals surface area contributed by atoms with E-state index in [2.05, 4.69) is 6.92 Å². The van der Waals surface area contributed by atoms with Gasteiger partial charge >= 0.3 is 0 Å². The fourth-order valence-corrected chi connectivity index (χ4v) is 5.31. The molecule has 2 heterocycles. The predicted molar refractivity (Wildman–Crippen MR) is 137 cm³/mol. The number of anilines is 1. The third-order valence-electron chi connectivity index (χ3n) is 7.39. The van der Waals surface area contributed by atoms with Crippen LogP contribution in [-0.4, -0.2) is 58.2 Å². The zero-order chi connectivity index (χ0) is 25.8. The van der Waals surface area contributed by atoms with Crippen LogP contribution in [0.2, 0.25) is 0 Å². The van der Waals surface area contributed by atoms with Gasteiger partial charge in [0.15, 0.2) is 11.5 Å². The van der Waals surface area contributed by atoms with Crippen LogP contribution in [0.5, 0.6) is 23.0 Å². The molecule has 2 amide bonds. The van der Waals surface area contributed by atoms with Crippen molar-refractivity contribution in [3.05, 3.63) is 42.0 Å². The Morgan fingerprint density at radius 2 is 1.47 bits per heavy atom. The molecule has 2 aromatic rings. The minimum Gasteiger partial charge on any atom is -0.497 e. The molecule has 2 fully saturated rings. The molecule has 8 nitrogen and oxygen atoms in total. The van der Waals surface area contributed by atoms with Gasteiger partial charge in [0.05, 0.1) is 46.1 Å². The van der Waals surface area contributed by atoms with Crippen molar-refractivity contribution in [1.82, 2.24) is 4.90 Å². The van der Waals surface area contributed by atoms with Gasteiger partial charge in [-0.15, -0.1) is 0 Å². The maximum atomic E-state index is 13.9. The molecule has 0 N–H and O–H groups in total. The maximum Gasteiger partial charge on any atom is 0.228 e. The number of benzene rings is 2. The highest BCUT2D eigenvalue weighted by atomic mass is 16.5. The summed E-state index contributed by atoms with van der Waals surface area (Å²) in [5.74, 6) is 2.36. The van der Waals surface area contributed by atoms with Gasteiger partial charge in [-0.2, -0.15) is 0 Å². The Morgan fingerprint density at radius 3 is 2.00 bits per heavy atom. The van der Waals surface area contributed by atoms with Crippen molar-refractivity contribution in [2.75, 3.05) is 46.4 Å². The van der Waals surface area contributed by atoms with Gasteiger partial charge in [0.25, 0.3) is 0 Å². The summed E-state index contributed by atoms with van der Waals surface area (Å²) >= 11 is 0. The summed E-state index contributed by atoms with van der Waals surface area (Å²) in [6.45, 7) is 3.74. The molecule has 2 aliphatic rings. The summed E-state index contributed by atoms with van der Waals surface area (Å²) in [6, 6.07) is 10.7. The molecule has 0 saturated carbocycles. The van der Waals surface area contributed by atoms with Crippen molar-refractivity contribution >= 4 is 17.5 Å². The number of hydrogen-bond acceptors (Lipinski definition) is 6. The molecule has 8 heteroatoms. The molecule has 2 aromatic carbocycles. The van der Waals surface area contributed by atoms with Crippen LogP contribution >= 0.6 is 0 Å². The standard InChI is InChI=1S/C28H36N2O6/c1-18-12-14-29(15-13-18)28(32)22-10-11-25(31)30(26(22)19-6-8-21(33-2)9-7-19)20-16-23(34-3)27(36-5)24(17-20)35-4/h6-9,16-18,22,26H,10-15H2,1-5H3/t22-,26+/m1/s1. The number of methoxy groups -OCH3 is 4. The molecule has 0 bridgehead atoms. The molecule has 0 aromatic heterocycles. The van der Waals surface area contributed by atoms with Gasteiger partial charge in [0, 0.05) is 31.6 Å². The monoisotopic (exact) mass is 496 g/mol. The normalized spacial score (nSPS) is 20.8. The quantitative estimate of drug-likeness (QED) is 0.563. The van der Waals surface area contributed by atoms with E-state index in [0.717, 1.165) is 31.5 Å². The highest BCUT2D eigenvalue weighted by molar-refractivity contribution is 5.98. The molecule has 2 saturated heterocycles. The second kappa shape index (κ2) is 11.1. The van der Waals surface area contributed by atoms with Crippen molar-refractivity contribution < 1.29 is 28.5 Å². The Bertz CT molecular complexity index is 1050. The first kappa shape index (κ1) is 25.7. The summed E-state index contributed by atoms with van der Waals surface area (Å²) < 4.78 is 22.0. The van der Waals surface area contributed by atoms with Crippen LogP contribution in [0.4, 0.5) is 5.69 Å². The fraction of sp³-hybridized carbons (Fsp3) is 0.500. The molecule has 36 heavy (non-hydrogen) atoms. The van der Waals surface area contributed by atoms with Crippen LogP contribution in [0.3, 0.4) is 0 Å². The zero-order valence-electron chi connectivity index (χ0n) is 21.8. The van der Waals surface area contributed by atoms with E-state index in [4.69, 9.17) is 18.9 Å². The number of ether oxygens (including phenoxy) is 4. The fourth-order valence-electron chi connectivity index (χ4n) is 5.31. The van der Waals surface area contributed by atoms with Crippen LogP contribution in [-0.2, 0) is 9.59 Å². The van der Waals surface area contributed by atoms with E-state index in [9.17, 15) is 9.59 Å². The second-order valence-electron chi connectivity index (χ2n) is 9.52. The summed E-state index contributed by atoms with van der Waals surface area (Å²) in [4.78, 5) is 31.1. The van der Waals surface area contributed by atoms with E-state index in [1.807, 2.05) is 29.2 Å². The van der Waals surface area contributed by atoms with E-state index in [-0.39, 0.29) is 24.2 Å². The van der Waals surface area contributed by atoms with Crippen molar-refractivity contribution in [2.24, 2.45) is 11.8 Å². The SMILES string of the molecule is COc1ccc([C@H]2[C@H](C(=O)N3CCC(C)CC3)CCC(=O)N2c2cc(OC)c(OC)c(OC)c2)cc1. The number of likely N-dealkylation sites (tertiary alicyclic amines) is 1. The molecule has 2 aliphatic heterocycles. The first-order valence-electron chi connectivity index (χ1n) is 12.5. The zero-order valence-corrected chi connectivity index (χ0v) is 21.8. The predicted octanol–water partition coefficient (Wildman–Crippen LogP) is 4.46. The van der Waals surface area contributed by atoms with Gasteiger partial charge in [-0.05, 0) is 42.9 Å². The number of amides is 2. The lowest BCUT2D eigenvalue weighted by Gasteiger charge is -2.43. The van der Waals surface area contributed by atoms with Crippen LogP contribution in [0.15, 0.2) is 36.4 Å². The molecule has 0 radical (unpaired) electrons. The molecule has 2 atom stereocenters. The summed E-state index contributed by atoms with van der Waals surface area (Å²) in [6.07, 6.45) is 2.79. The van der Waals surface area contributed by atoms with Crippen molar-refractivity contribution in [3.8, 4) is 23.0 Å². The Balaban J connectivity index is 1.81. The van der Waals surface area contributed by atoms with E-state index in [1.54, 1.807) is 45.5 Å². The number of rotatable bonds is 7. The van der Waals surface area contributed by atoms with E-state index >= 15 is 0 Å². The number of nitrogens with zero attached hydrogens (tertiary/aromatic N) is 2. The topological polar surface area (TPSA) is 77.5 Å². The summed E-state index contributed by atoms with van der Waals surface area (Å²) in [7, 11) is 6.25. The second-order valence-corrected chi connectivity index (χ2v) is 9.52. The Kier molecular flexibility index (Phi) is 7.91. The van der Waals surface area contributed by atoms with E-state index < -0.39 is 6.04 Å². The molecular weight excluding hydrogens is 460 g/mol. The first-order chi connectivity index (χ1) is 17.4. The summed E-state index contributed by atoms with van der Waals surface area (Å²) in [5, 5.41) is 0. The lowest BCUT2D eigenvalue weighted by molar-refractivity contribution is -0.139. The van der Waals surface area contributed by atoms with Crippen molar-refractivity contribution in [1.29, 1.82) is 0 Å². The third-order valence-corrected chi connectivity index (χ3v) is 7.39. The average molecular weight is 497 g/mol. The van der Waals surface area contributed by atoms with Crippen LogP contribution < -0.4 is 23.8 Å². The Morgan fingerprint density at radius 1 is 0.861 bits per heavy atom. The highest BCUT2D eigenvalue weighted by Crippen LogP contribution is 2.46. The number of hydrogen-bond donors (Lipinski definition) is 0. The van der Waals surface area contributed by atoms with Crippen molar-refractivity contribution in [2.45, 2.75) is 38.6 Å². The molecule has 0 spiro atoms.